The van der Waals surface area contributed by atoms with Crippen molar-refractivity contribution < 1.29 is 29.3 Å². The number of carboxylic acids is 2. The lowest BCUT2D eigenvalue weighted by atomic mass is 9.80. The van der Waals surface area contributed by atoms with Crippen molar-refractivity contribution in [2.45, 2.75) is 32.4 Å². The van der Waals surface area contributed by atoms with Crippen molar-refractivity contribution in [3.63, 3.8) is 0 Å². The van der Waals surface area contributed by atoms with Gasteiger partial charge in [0.2, 0.25) is 0 Å². The van der Waals surface area contributed by atoms with E-state index in [9.17, 15) is 24.6 Å². The topological polar surface area (TPSA) is 104 Å². The van der Waals surface area contributed by atoms with Crippen LogP contribution < -0.4 is 0 Å². The van der Waals surface area contributed by atoms with Gasteiger partial charge in [-0.15, -0.1) is 0 Å². The van der Waals surface area contributed by atoms with E-state index in [1.54, 1.807) is 12.1 Å². The lowest BCUT2D eigenvalue weighted by molar-refractivity contribution is -0.144. The Morgan fingerprint density at radius 1 is 1.00 bits per heavy atom. The number of ether oxygens (including phenoxy) is 1. The quantitative estimate of drug-likeness (QED) is 0.546. The van der Waals surface area contributed by atoms with Crippen LogP contribution in [-0.4, -0.2) is 45.7 Å². The van der Waals surface area contributed by atoms with Gasteiger partial charge in [-0.25, -0.2) is 9.59 Å². The molecule has 1 aliphatic rings. The van der Waals surface area contributed by atoms with E-state index in [4.69, 9.17) is 4.74 Å². The standard InChI is InChI=1S/C27H29NO6/c1-4-17(2)20-10-12-21(13-11-20)18(3)23-15-28(25(26(31)32)22(23)14-24(29)30)27(33)34-16-19-8-6-5-7-9-19/h5-13,22-23,25H,2-4,14-16H2,1H3,(H,29,30)(H,31,32)/t22-,23+,25-/m0/s1. The highest BCUT2D eigenvalue weighted by Gasteiger charge is 2.50. The molecule has 0 radical (unpaired) electrons. The molecule has 0 saturated carbocycles. The highest BCUT2D eigenvalue weighted by Crippen LogP contribution is 2.41. The second-order valence-corrected chi connectivity index (χ2v) is 8.40. The lowest BCUT2D eigenvalue weighted by Crippen LogP contribution is -2.44. The lowest BCUT2D eigenvalue weighted by Gasteiger charge is -2.24. The Kier molecular flexibility index (Phi) is 7.89. The Morgan fingerprint density at radius 2 is 1.62 bits per heavy atom. The SMILES string of the molecule is C=C(CC)c1ccc(C(=C)[C@H]2CN(C(=O)OCc3ccccc3)[C@H](C(=O)O)[C@H]2CC(=O)O)cc1. The smallest absolute Gasteiger partial charge is 0.410 e. The molecule has 3 atom stereocenters. The number of hydrogen-bond acceptors (Lipinski definition) is 4. The maximum absolute atomic E-state index is 12.9. The van der Waals surface area contributed by atoms with Gasteiger partial charge in [-0.3, -0.25) is 9.69 Å². The monoisotopic (exact) mass is 463 g/mol. The molecule has 1 heterocycles. The Labute approximate surface area is 199 Å². The van der Waals surface area contributed by atoms with Crippen LogP contribution in [0.25, 0.3) is 11.1 Å². The van der Waals surface area contributed by atoms with Gasteiger partial charge in [-0.05, 0) is 34.3 Å². The molecule has 0 aromatic heterocycles. The number of hydrogen-bond donors (Lipinski definition) is 2. The van der Waals surface area contributed by atoms with E-state index in [-0.39, 0.29) is 13.2 Å². The number of amides is 1. The van der Waals surface area contributed by atoms with Gasteiger partial charge in [0.05, 0.1) is 6.42 Å². The second-order valence-electron chi connectivity index (χ2n) is 8.40. The number of carbonyl (C=O) groups is 3. The van der Waals surface area contributed by atoms with Crippen LogP contribution in [0, 0.1) is 11.8 Å². The van der Waals surface area contributed by atoms with Crippen LogP contribution in [0.2, 0.25) is 0 Å². The highest BCUT2D eigenvalue weighted by molar-refractivity contribution is 5.84. The number of carbonyl (C=O) groups excluding carboxylic acids is 1. The summed E-state index contributed by atoms with van der Waals surface area (Å²) in [6.07, 6.45) is -0.394. The van der Waals surface area contributed by atoms with Gasteiger partial charge < -0.3 is 14.9 Å². The largest absolute Gasteiger partial charge is 0.481 e. The molecule has 3 rings (SSSR count). The minimum absolute atomic E-state index is 0.00475. The first-order valence-corrected chi connectivity index (χ1v) is 11.1. The van der Waals surface area contributed by atoms with Crippen LogP contribution in [-0.2, 0) is 20.9 Å². The van der Waals surface area contributed by atoms with Gasteiger partial charge >= 0.3 is 18.0 Å². The molecule has 34 heavy (non-hydrogen) atoms. The van der Waals surface area contributed by atoms with Gasteiger partial charge in [-0.1, -0.05) is 74.7 Å². The zero-order valence-corrected chi connectivity index (χ0v) is 19.1. The Bertz CT molecular complexity index is 1080. The first-order valence-electron chi connectivity index (χ1n) is 11.1. The van der Waals surface area contributed by atoms with Gasteiger partial charge in [-0.2, -0.15) is 0 Å². The summed E-state index contributed by atoms with van der Waals surface area (Å²) in [5.41, 5.74) is 4.09. The summed E-state index contributed by atoms with van der Waals surface area (Å²) >= 11 is 0. The first-order chi connectivity index (χ1) is 16.2. The molecule has 1 amide bonds. The molecule has 7 heteroatoms. The molecule has 0 aliphatic carbocycles. The fraction of sp³-hybridized carbons (Fsp3) is 0.296. The molecule has 2 aromatic carbocycles. The number of allylic oxidation sites excluding steroid dienone is 1. The van der Waals surface area contributed by atoms with E-state index in [1.807, 2.05) is 49.4 Å². The fourth-order valence-electron chi connectivity index (χ4n) is 4.38. The van der Waals surface area contributed by atoms with Gasteiger partial charge in [0.1, 0.15) is 12.6 Å². The van der Waals surface area contributed by atoms with Crippen molar-refractivity contribution in [1.82, 2.24) is 4.90 Å². The van der Waals surface area contributed by atoms with E-state index in [0.717, 1.165) is 33.6 Å². The van der Waals surface area contributed by atoms with E-state index >= 15 is 0 Å². The molecule has 2 N–H and O–H groups in total. The molecule has 0 bridgehead atoms. The second kappa shape index (κ2) is 10.8. The molecular formula is C27H29NO6. The summed E-state index contributed by atoms with van der Waals surface area (Å²) in [6, 6.07) is 15.3. The van der Waals surface area contributed by atoms with Crippen LogP contribution in [0.3, 0.4) is 0 Å². The van der Waals surface area contributed by atoms with Crippen molar-refractivity contribution in [1.29, 1.82) is 0 Å². The summed E-state index contributed by atoms with van der Waals surface area (Å²) in [6.45, 7) is 10.2. The molecule has 178 valence electrons. The van der Waals surface area contributed by atoms with Crippen molar-refractivity contribution in [3.05, 3.63) is 84.4 Å². The average Bonchev–Trinajstić information content (AvgIpc) is 3.21. The van der Waals surface area contributed by atoms with Crippen molar-refractivity contribution >= 4 is 29.2 Å². The van der Waals surface area contributed by atoms with Gasteiger partial charge in [0.25, 0.3) is 0 Å². The molecular weight excluding hydrogens is 434 g/mol. The maximum Gasteiger partial charge on any atom is 0.410 e. The van der Waals surface area contributed by atoms with Crippen molar-refractivity contribution in [2.75, 3.05) is 6.54 Å². The van der Waals surface area contributed by atoms with Gasteiger partial charge in [0, 0.05) is 18.4 Å². The number of nitrogens with zero attached hydrogens (tertiary/aromatic N) is 1. The first kappa shape index (κ1) is 24.8. The number of benzene rings is 2. The molecule has 0 spiro atoms. The number of likely N-dealkylation sites (tertiary alicyclic amines) is 1. The Balaban J connectivity index is 1.85. The molecule has 1 fully saturated rings. The van der Waals surface area contributed by atoms with Crippen molar-refractivity contribution in [3.8, 4) is 0 Å². The molecule has 1 aliphatic heterocycles. The average molecular weight is 464 g/mol. The van der Waals surface area contributed by atoms with Crippen LogP contribution in [0.15, 0.2) is 67.8 Å². The minimum atomic E-state index is -1.33. The molecule has 1 saturated heterocycles. The van der Waals surface area contributed by atoms with E-state index in [2.05, 4.69) is 13.2 Å². The van der Waals surface area contributed by atoms with E-state index in [1.165, 1.54) is 0 Å². The predicted octanol–water partition coefficient (Wildman–Crippen LogP) is 4.94. The van der Waals surface area contributed by atoms with Gasteiger partial charge in [0.15, 0.2) is 0 Å². The third-order valence-corrected chi connectivity index (χ3v) is 6.29. The van der Waals surface area contributed by atoms with Crippen LogP contribution in [0.5, 0.6) is 0 Å². The molecule has 7 nitrogen and oxygen atoms in total. The van der Waals surface area contributed by atoms with Crippen LogP contribution in [0.4, 0.5) is 4.79 Å². The Hall–Kier alpha value is -3.87. The third-order valence-electron chi connectivity index (χ3n) is 6.29. The summed E-state index contributed by atoms with van der Waals surface area (Å²) in [5, 5.41) is 19.4. The van der Waals surface area contributed by atoms with Crippen LogP contribution >= 0.6 is 0 Å². The summed E-state index contributed by atoms with van der Waals surface area (Å²) in [4.78, 5) is 37.7. The normalized spacial score (nSPS) is 19.4. The minimum Gasteiger partial charge on any atom is -0.481 e. The molecule has 2 aromatic rings. The summed E-state index contributed by atoms with van der Waals surface area (Å²) < 4.78 is 5.37. The summed E-state index contributed by atoms with van der Waals surface area (Å²) in [5.74, 6) is -3.81. The highest BCUT2D eigenvalue weighted by atomic mass is 16.6. The predicted molar refractivity (Wildman–Crippen MR) is 129 cm³/mol. The van der Waals surface area contributed by atoms with Crippen LogP contribution in [0.1, 0.15) is 36.5 Å². The fourth-order valence-corrected chi connectivity index (χ4v) is 4.38. The zero-order chi connectivity index (χ0) is 24.8. The Morgan fingerprint density at radius 3 is 2.18 bits per heavy atom. The summed E-state index contributed by atoms with van der Waals surface area (Å²) in [7, 11) is 0. The zero-order valence-electron chi connectivity index (χ0n) is 19.1. The van der Waals surface area contributed by atoms with E-state index < -0.39 is 42.3 Å². The van der Waals surface area contributed by atoms with Crippen molar-refractivity contribution in [2.24, 2.45) is 11.8 Å². The van der Waals surface area contributed by atoms with E-state index in [0.29, 0.717) is 5.57 Å². The maximum atomic E-state index is 12.9. The number of carboxylic acid groups (broad SMARTS) is 2. The molecule has 0 unspecified atom stereocenters. The third kappa shape index (κ3) is 5.54. The number of rotatable bonds is 9. The number of aliphatic carboxylic acids is 2.